The highest BCUT2D eigenvalue weighted by Crippen LogP contribution is 2.35. The van der Waals surface area contributed by atoms with Crippen LogP contribution in [0, 0.1) is 0 Å². The highest BCUT2D eigenvalue weighted by Gasteiger charge is 2.14. The van der Waals surface area contributed by atoms with Gasteiger partial charge in [0.05, 0.1) is 7.11 Å². The van der Waals surface area contributed by atoms with Crippen LogP contribution in [-0.4, -0.2) is 18.2 Å². The van der Waals surface area contributed by atoms with E-state index in [2.05, 4.69) is 22.0 Å². The van der Waals surface area contributed by atoms with Gasteiger partial charge in [-0.3, -0.25) is 0 Å². The molecule has 2 aromatic rings. The third-order valence-corrected chi connectivity index (χ3v) is 4.41. The number of allylic oxidation sites excluding steroid dienone is 2. The average Bonchev–Trinajstić information content (AvgIpc) is 2.64. The Bertz CT molecular complexity index is 847. The minimum absolute atomic E-state index is 0.371. The van der Waals surface area contributed by atoms with E-state index in [-0.39, 0.29) is 0 Å². The molecule has 0 unspecified atom stereocenters. The number of halogens is 1. The van der Waals surface area contributed by atoms with Gasteiger partial charge in [-0.15, -0.1) is 0 Å². The first-order chi connectivity index (χ1) is 12.9. The maximum absolute atomic E-state index is 11.0. The molecule has 0 heterocycles. The summed E-state index contributed by atoms with van der Waals surface area (Å²) in [6.07, 6.45) is 5.38. The third kappa shape index (κ3) is 6.29. The minimum atomic E-state index is -1.00. The maximum atomic E-state index is 11.0. The summed E-state index contributed by atoms with van der Waals surface area (Å²) in [4.78, 5) is 11.0. The lowest BCUT2D eigenvalue weighted by atomic mass is 10.0. The third-order valence-electron chi connectivity index (χ3n) is 3.88. The molecule has 142 valence electrons. The zero-order valence-electron chi connectivity index (χ0n) is 15.7. The van der Waals surface area contributed by atoms with E-state index in [1.165, 1.54) is 5.57 Å². The van der Waals surface area contributed by atoms with Gasteiger partial charge in [-0.25, -0.2) is 4.79 Å². The molecular formula is C22H23BrO4. The lowest BCUT2D eigenvalue weighted by molar-refractivity contribution is -0.131. The lowest BCUT2D eigenvalue weighted by Gasteiger charge is -2.17. The quantitative estimate of drug-likeness (QED) is 0.434. The Morgan fingerprint density at radius 3 is 2.44 bits per heavy atom. The molecule has 0 spiro atoms. The zero-order valence-corrected chi connectivity index (χ0v) is 17.2. The SMILES string of the molecule is COc1ccc(C=CC(=O)O)c(OCc2ccc(Br)cc2)c1CC=C(C)C. The molecule has 2 aromatic carbocycles. The fourth-order valence-electron chi connectivity index (χ4n) is 2.52. The van der Waals surface area contributed by atoms with Crippen molar-refractivity contribution in [1.29, 1.82) is 0 Å². The Balaban J connectivity index is 2.44. The van der Waals surface area contributed by atoms with Gasteiger partial charge < -0.3 is 14.6 Å². The number of ether oxygens (including phenoxy) is 2. The van der Waals surface area contributed by atoms with Crippen molar-refractivity contribution >= 4 is 28.0 Å². The summed E-state index contributed by atoms with van der Waals surface area (Å²) in [5, 5.41) is 8.98. The van der Waals surface area contributed by atoms with Gasteiger partial charge in [-0.2, -0.15) is 0 Å². The highest BCUT2D eigenvalue weighted by molar-refractivity contribution is 9.10. The minimum Gasteiger partial charge on any atom is -0.496 e. The average molecular weight is 431 g/mol. The molecule has 0 saturated carbocycles. The number of methoxy groups -OCH3 is 1. The molecule has 0 fully saturated rings. The van der Waals surface area contributed by atoms with Crippen molar-refractivity contribution in [2.75, 3.05) is 7.11 Å². The van der Waals surface area contributed by atoms with Gasteiger partial charge >= 0.3 is 5.97 Å². The standard InChI is InChI=1S/C22H23BrO4/c1-15(2)4-11-19-20(26-3)12-7-17(8-13-21(24)25)22(19)27-14-16-5-9-18(23)10-6-16/h4-10,12-13H,11,14H2,1-3H3,(H,24,25). The number of benzene rings is 2. The van der Waals surface area contributed by atoms with Crippen LogP contribution < -0.4 is 9.47 Å². The summed E-state index contributed by atoms with van der Waals surface area (Å²) in [7, 11) is 1.62. The molecule has 4 nitrogen and oxygen atoms in total. The maximum Gasteiger partial charge on any atom is 0.328 e. The van der Waals surface area contributed by atoms with Crippen molar-refractivity contribution in [3.8, 4) is 11.5 Å². The van der Waals surface area contributed by atoms with E-state index in [0.717, 1.165) is 21.7 Å². The van der Waals surface area contributed by atoms with E-state index < -0.39 is 5.97 Å². The van der Waals surface area contributed by atoms with Gasteiger partial charge in [0.2, 0.25) is 0 Å². The van der Waals surface area contributed by atoms with Crippen molar-refractivity contribution in [2.24, 2.45) is 0 Å². The van der Waals surface area contributed by atoms with Crippen LogP contribution in [0.5, 0.6) is 11.5 Å². The fraction of sp³-hybridized carbons (Fsp3) is 0.227. The Kier molecular flexibility index (Phi) is 7.67. The molecule has 0 aliphatic carbocycles. The summed E-state index contributed by atoms with van der Waals surface area (Å²) in [5.74, 6) is 0.341. The number of hydrogen-bond donors (Lipinski definition) is 1. The van der Waals surface area contributed by atoms with E-state index in [4.69, 9.17) is 14.6 Å². The highest BCUT2D eigenvalue weighted by atomic mass is 79.9. The van der Waals surface area contributed by atoms with Crippen molar-refractivity contribution in [3.63, 3.8) is 0 Å². The molecule has 0 aromatic heterocycles. The van der Waals surface area contributed by atoms with Gasteiger partial charge in [0.1, 0.15) is 18.1 Å². The molecule has 27 heavy (non-hydrogen) atoms. The van der Waals surface area contributed by atoms with Gasteiger partial charge in [-0.05, 0) is 56.2 Å². The monoisotopic (exact) mass is 430 g/mol. The van der Waals surface area contributed by atoms with Crippen LogP contribution in [0.15, 0.2) is 58.6 Å². The van der Waals surface area contributed by atoms with E-state index in [1.807, 2.05) is 44.2 Å². The topological polar surface area (TPSA) is 55.8 Å². The molecule has 1 N–H and O–H groups in total. The molecule has 0 bridgehead atoms. The van der Waals surface area contributed by atoms with Crippen molar-refractivity contribution in [2.45, 2.75) is 26.9 Å². The van der Waals surface area contributed by atoms with Gasteiger partial charge in [-0.1, -0.05) is 39.7 Å². The van der Waals surface area contributed by atoms with Gasteiger partial charge in [0.25, 0.3) is 0 Å². The molecule has 0 amide bonds. The van der Waals surface area contributed by atoms with E-state index in [0.29, 0.717) is 30.1 Å². The predicted octanol–water partition coefficient (Wildman–Crippen LogP) is 5.64. The normalized spacial score (nSPS) is 10.7. The first-order valence-corrected chi connectivity index (χ1v) is 9.31. The van der Waals surface area contributed by atoms with Gasteiger partial charge in [0, 0.05) is 21.7 Å². The first-order valence-electron chi connectivity index (χ1n) is 8.52. The van der Waals surface area contributed by atoms with Crippen molar-refractivity contribution < 1.29 is 19.4 Å². The summed E-state index contributed by atoms with van der Waals surface area (Å²) >= 11 is 3.42. The summed E-state index contributed by atoms with van der Waals surface area (Å²) in [6.45, 7) is 4.43. The number of carboxylic acid groups (broad SMARTS) is 1. The molecule has 0 aliphatic rings. The Labute approximate surface area is 168 Å². The summed E-state index contributed by atoms with van der Waals surface area (Å²) in [6, 6.07) is 11.5. The van der Waals surface area contributed by atoms with E-state index in [1.54, 1.807) is 19.3 Å². The van der Waals surface area contributed by atoms with Crippen LogP contribution in [0.2, 0.25) is 0 Å². The van der Waals surface area contributed by atoms with Crippen LogP contribution in [0.4, 0.5) is 0 Å². The number of aliphatic carboxylic acids is 1. The number of carbonyl (C=O) groups is 1. The van der Waals surface area contributed by atoms with E-state index >= 15 is 0 Å². The molecule has 2 rings (SSSR count). The van der Waals surface area contributed by atoms with Crippen LogP contribution in [-0.2, 0) is 17.8 Å². The molecule has 0 radical (unpaired) electrons. The second-order valence-corrected chi connectivity index (χ2v) is 7.15. The summed E-state index contributed by atoms with van der Waals surface area (Å²) in [5.41, 5.74) is 3.79. The smallest absolute Gasteiger partial charge is 0.328 e. The lowest BCUT2D eigenvalue weighted by Crippen LogP contribution is -2.03. The largest absolute Gasteiger partial charge is 0.496 e. The Morgan fingerprint density at radius 1 is 1.15 bits per heavy atom. The van der Waals surface area contributed by atoms with Crippen molar-refractivity contribution in [1.82, 2.24) is 0 Å². The number of hydrogen-bond acceptors (Lipinski definition) is 3. The van der Waals surface area contributed by atoms with E-state index in [9.17, 15) is 4.79 Å². The van der Waals surface area contributed by atoms with Crippen LogP contribution in [0.3, 0.4) is 0 Å². The van der Waals surface area contributed by atoms with Crippen LogP contribution in [0.1, 0.15) is 30.5 Å². The molecule has 5 heteroatoms. The van der Waals surface area contributed by atoms with Crippen LogP contribution in [0.25, 0.3) is 6.08 Å². The Morgan fingerprint density at radius 2 is 1.85 bits per heavy atom. The molecule has 0 saturated heterocycles. The predicted molar refractivity (Wildman–Crippen MR) is 111 cm³/mol. The number of carboxylic acids is 1. The second-order valence-electron chi connectivity index (χ2n) is 6.24. The molecule has 0 aliphatic heterocycles. The zero-order chi connectivity index (χ0) is 19.8. The fourth-order valence-corrected chi connectivity index (χ4v) is 2.78. The summed E-state index contributed by atoms with van der Waals surface area (Å²) < 4.78 is 12.6. The molecular weight excluding hydrogens is 408 g/mol. The second kappa shape index (κ2) is 9.97. The Hall–Kier alpha value is -2.53. The first kappa shape index (κ1) is 20.8. The van der Waals surface area contributed by atoms with Gasteiger partial charge in [0.15, 0.2) is 0 Å². The van der Waals surface area contributed by atoms with Crippen LogP contribution >= 0.6 is 15.9 Å². The molecule has 0 atom stereocenters. The van der Waals surface area contributed by atoms with Crippen molar-refractivity contribution in [3.05, 3.63) is 75.3 Å². The number of rotatable bonds is 8.